The summed E-state index contributed by atoms with van der Waals surface area (Å²) < 4.78 is 7.27. The van der Waals surface area contributed by atoms with Gasteiger partial charge in [0.1, 0.15) is 6.10 Å². The molecule has 2 heterocycles. The number of ether oxygens (including phenoxy) is 1. The lowest BCUT2D eigenvalue weighted by Crippen LogP contribution is -2.05. The molecule has 1 atom stereocenters. The van der Waals surface area contributed by atoms with Gasteiger partial charge in [-0.2, -0.15) is 14.9 Å². The minimum atomic E-state index is -0.721. The fourth-order valence-electron chi connectivity index (χ4n) is 2.29. The van der Waals surface area contributed by atoms with E-state index in [0.29, 0.717) is 22.8 Å². The highest BCUT2D eigenvalue weighted by Crippen LogP contribution is 2.27. The first-order valence-corrected chi connectivity index (χ1v) is 7.26. The number of aromatic nitrogens is 3. The summed E-state index contributed by atoms with van der Waals surface area (Å²) in [6.07, 6.45) is 2.96. The van der Waals surface area contributed by atoms with Gasteiger partial charge in [0, 0.05) is 18.2 Å². The number of hydrogen-bond acceptors (Lipinski definition) is 7. The van der Waals surface area contributed by atoms with Crippen LogP contribution in [0.2, 0.25) is 0 Å². The van der Waals surface area contributed by atoms with Crippen molar-refractivity contribution in [2.45, 2.75) is 18.9 Å². The number of benzene rings is 1. The van der Waals surface area contributed by atoms with Crippen LogP contribution in [0.25, 0.3) is 0 Å². The molecule has 1 fully saturated rings. The van der Waals surface area contributed by atoms with Crippen molar-refractivity contribution in [2.75, 3.05) is 6.61 Å². The topological polar surface area (TPSA) is 121 Å². The van der Waals surface area contributed by atoms with Gasteiger partial charge in [-0.05, 0) is 30.8 Å². The average Bonchev–Trinajstić information content (AvgIpc) is 3.16. The molecule has 1 N–H and O–H groups in total. The molecular formula is C13H12N5O4S-. The molecule has 0 unspecified atom stereocenters. The number of rotatable bonds is 4. The van der Waals surface area contributed by atoms with Gasteiger partial charge in [-0.25, -0.2) is 0 Å². The molecule has 2 aromatic rings. The van der Waals surface area contributed by atoms with E-state index in [4.69, 9.17) is 17.0 Å². The largest absolute Gasteiger partial charge is 0.868 e. The zero-order valence-electron chi connectivity index (χ0n) is 11.8. The van der Waals surface area contributed by atoms with E-state index in [0.717, 1.165) is 18.9 Å². The van der Waals surface area contributed by atoms with E-state index in [1.165, 1.54) is 23.0 Å². The van der Waals surface area contributed by atoms with E-state index in [2.05, 4.69) is 15.3 Å². The lowest BCUT2D eigenvalue weighted by atomic mass is 10.2. The summed E-state index contributed by atoms with van der Waals surface area (Å²) in [4.78, 5) is 10.1. The second-order valence-corrected chi connectivity index (χ2v) is 5.32. The minimum absolute atomic E-state index is 0.182. The predicted molar refractivity (Wildman–Crippen MR) is 80.9 cm³/mol. The van der Waals surface area contributed by atoms with Gasteiger partial charge >= 0.3 is 0 Å². The van der Waals surface area contributed by atoms with Gasteiger partial charge in [0.05, 0.1) is 11.1 Å². The van der Waals surface area contributed by atoms with Crippen LogP contribution in [0.5, 0.6) is 5.75 Å². The van der Waals surface area contributed by atoms with Crippen molar-refractivity contribution in [3.63, 3.8) is 0 Å². The maximum atomic E-state index is 11.4. The van der Waals surface area contributed by atoms with Crippen LogP contribution in [0.3, 0.4) is 0 Å². The molecule has 120 valence electrons. The van der Waals surface area contributed by atoms with Crippen molar-refractivity contribution < 1.29 is 14.8 Å². The molecule has 23 heavy (non-hydrogen) atoms. The number of aromatic amines is 1. The highest BCUT2D eigenvalue weighted by molar-refractivity contribution is 7.71. The van der Waals surface area contributed by atoms with Gasteiger partial charge in [-0.15, -0.1) is 0 Å². The summed E-state index contributed by atoms with van der Waals surface area (Å²) in [5.74, 6) is -0.0918. The van der Waals surface area contributed by atoms with Crippen LogP contribution in [0, 0.1) is 14.9 Å². The number of hydrogen-bond donors (Lipinski definition) is 1. The average molecular weight is 334 g/mol. The third kappa shape index (κ3) is 3.12. The summed E-state index contributed by atoms with van der Waals surface area (Å²) in [5, 5.41) is 33.2. The zero-order chi connectivity index (χ0) is 16.4. The highest BCUT2D eigenvalue weighted by Gasteiger charge is 2.23. The normalized spacial score (nSPS) is 17.8. The summed E-state index contributed by atoms with van der Waals surface area (Å²) in [6, 6.07) is 3.75. The molecule has 3 rings (SSSR count). The first-order chi connectivity index (χ1) is 11.1. The van der Waals surface area contributed by atoms with Gasteiger partial charge in [-0.3, -0.25) is 15.2 Å². The molecule has 0 bridgehead atoms. The second kappa shape index (κ2) is 6.26. The highest BCUT2D eigenvalue weighted by atomic mass is 32.1. The Balaban J connectivity index is 1.92. The van der Waals surface area contributed by atoms with Crippen LogP contribution >= 0.6 is 12.2 Å². The molecule has 0 amide bonds. The van der Waals surface area contributed by atoms with Crippen molar-refractivity contribution in [2.24, 2.45) is 5.10 Å². The molecule has 1 aliphatic rings. The van der Waals surface area contributed by atoms with Gasteiger partial charge in [0.15, 0.2) is 5.82 Å². The quantitative estimate of drug-likeness (QED) is 0.393. The molecule has 9 nitrogen and oxygen atoms in total. The molecule has 0 saturated carbocycles. The van der Waals surface area contributed by atoms with E-state index in [9.17, 15) is 15.2 Å². The van der Waals surface area contributed by atoms with E-state index in [1.54, 1.807) is 0 Å². The fourth-order valence-corrected chi connectivity index (χ4v) is 2.47. The third-order valence-corrected chi connectivity index (χ3v) is 3.66. The molecule has 1 aromatic heterocycles. The summed E-state index contributed by atoms with van der Waals surface area (Å²) in [6.45, 7) is 0.658. The third-order valence-electron chi connectivity index (χ3n) is 3.40. The van der Waals surface area contributed by atoms with Crippen molar-refractivity contribution in [1.29, 1.82) is 0 Å². The molecule has 0 spiro atoms. The summed E-state index contributed by atoms with van der Waals surface area (Å²) >= 11 is 5.13. The van der Waals surface area contributed by atoms with Crippen LogP contribution in [0.1, 0.15) is 30.3 Å². The lowest BCUT2D eigenvalue weighted by molar-refractivity contribution is -0.398. The van der Waals surface area contributed by atoms with E-state index in [1.807, 2.05) is 0 Å². The maximum Gasteiger partial charge on any atom is 0.262 e. The first-order valence-electron chi connectivity index (χ1n) is 6.85. The molecule has 0 radical (unpaired) electrons. The zero-order valence-corrected chi connectivity index (χ0v) is 12.7. The number of nitro benzene ring substituents is 1. The Morgan fingerprint density at radius 2 is 2.39 bits per heavy atom. The molecule has 1 saturated heterocycles. The lowest BCUT2D eigenvalue weighted by Gasteiger charge is -2.08. The van der Waals surface area contributed by atoms with Crippen molar-refractivity contribution >= 4 is 24.1 Å². The Hall–Kier alpha value is -2.59. The Morgan fingerprint density at radius 3 is 3.09 bits per heavy atom. The Kier molecular flexibility index (Phi) is 4.17. The van der Waals surface area contributed by atoms with Gasteiger partial charge in [-0.1, -0.05) is 12.1 Å². The van der Waals surface area contributed by atoms with Gasteiger partial charge < -0.3 is 9.84 Å². The van der Waals surface area contributed by atoms with Crippen LogP contribution in [0.4, 0.5) is 5.69 Å². The molecular weight excluding hydrogens is 322 g/mol. The Bertz CT molecular complexity index is 822. The smallest absolute Gasteiger partial charge is 0.262 e. The summed E-state index contributed by atoms with van der Waals surface area (Å²) in [5.41, 5.74) is -0.0817. The SMILES string of the molecule is O=[N+]([O-])c1cc(/C=N\n2c([C@@H]3CCCO3)n[nH]c2=S)ccc1[O-]. The van der Waals surface area contributed by atoms with E-state index < -0.39 is 16.4 Å². The standard InChI is InChI=1S/C13H13N5O4S/c19-10-4-3-8(6-9(10)18(20)21)7-14-17-12(15-16-13(17)23)11-2-1-5-22-11/h3-4,6-7,11,19H,1-2,5H2,(H,16,23)/p-1/b14-7-/t11-/m0/s1. The van der Waals surface area contributed by atoms with Crippen LogP contribution in [-0.2, 0) is 4.74 Å². The van der Waals surface area contributed by atoms with Crippen molar-refractivity contribution in [3.05, 3.63) is 44.5 Å². The number of H-pyrrole nitrogens is 1. The maximum absolute atomic E-state index is 11.4. The minimum Gasteiger partial charge on any atom is -0.868 e. The number of nitro groups is 1. The number of nitrogens with zero attached hydrogens (tertiary/aromatic N) is 4. The first kappa shape index (κ1) is 15.3. The summed E-state index contributed by atoms with van der Waals surface area (Å²) in [7, 11) is 0. The van der Waals surface area contributed by atoms with Crippen molar-refractivity contribution in [3.8, 4) is 5.75 Å². The molecule has 0 aliphatic carbocycles. The molecule has 1 aromatic carbocycles. The monoisotopic (exact) mass is 334 g/mol. The van der Waals surface area contributed by atoms with Crippen LogP contribution in [-0.4, -0.2) is 32.6 Å². The fraction of sp³-hybridized carbons (Fsp3) is 0.308. The van der Waals surface area contributed by atoms with E-state index >= 15 is 0 Å². The Morgan fingerprint density at radius 1 is 1.57 bits per heavy atom. The molecule has 10 heteroatoms. The van der Waals surface area contributed by atoms with E-state index in [-0.39, 0.29) is 6.10 Å². The predicted octanol–water partition coefficient (Wildman–Crippen LogP) is 1.66. The number of nitrogens with one attached hydrogen (secondary N) is 1. The van der Waals surface area contributed by atoms with Gasteiger partial charge in [0.2, 0.25) is 4.77 Å². The molecule has 1 aliphatic heterocycles. The van der Waals surface area contributed by atoms with Crippen LogP contribution in [0.15, 0.2) is 23.3 Å². The van der Waals surface area contributed by atoms with Gasteiger partial charge in [0.25, 0.3) is 5.69 Å². The Labute approximate surface area is 135 Å². The van der Waals surface area contributed by atoms with Crippen LogP contribution < -0.4 is 5.11 Å². The second-order valence-electron chi connectivity index (χ2n) is 4.93. The van der Waals surface area contributed by atoms with Crippen molar-refractivity contribution in [1.82, 2.24) is 14.9 Å².